The first-order valence-corrected chi connectivity index (χ1v) is 9.07. The minimum atomic E-state index is -1.88. The highest BCUT2D eigenvalue weighted by Crippen LogP contribution is 2.37. The van der Waals surface area contributed by atoms with E-state index in [1.54, 1.807) is 13.1 Å². The van der Waals surface area contributed by atoms with E-state index < -0.39 is 8.32 Å². The Hall–Kier alpha value is -0.653. The van der Waals surface area contributed by atoms with E-state index in [0.29, 0.717) is 0 Å². The van der Waals surface area contributed by atoms with Crippen LogP contribution in [-0.2, 0) is 14.1 Å². The lowest BCUT2D eigenvalue weighted by Gasteiger charge is -2.38. The van der Waals surface area contributed by atoms with Crippen LogP contribution in [0.5, 0.6) is 0 Å². The number of amides is 1. The molecule has 0 aromatic heterocycles. The summed E-state index contributed by atoms with van der Waals surface area (Å²) in [4.78, 5) is 16.6. The molecule has 0 saturated heterocycles. The second-order valence-corrected chi connectivity index (χ2v) is 10.7. The van der Waals surface area contributed by atoms with Gasteiger partial charge in [0.25, 0.3) is 0 Å². The number of hydrogen-bond donors (Lipinski definition) is 0. The zero-order chi connectivity index (χ0) is 14.6. The van der Waals surface area contributed by atoms with Gasteiger partial charge in [0.1, 0.15) is 0 Å². The summed E-state index contributed by atoms with van der Waals surface area (Å²) in [6.07, 6.45) is 1.71. The lowest BCUT2D eigenvalue weighted by atomic mass is 10.2. The first-order chi connectivity index (χ1) is 8.05. The summed E-state index contributed by atoms with van der Waals surface area (Å²) < 4.78 is 6.13. The highest BCUT2D eigenvalue weighted by atomic mass is 28.4. The van der Waals surface area contributed by atoms with Crippen molar-refractivity contribution in [2.75, 3.05) is 14.2 Å². The Morgan fingerprint density at radius 3 is 2.28 bits per heavy atom. The molecule has 0 radical (unpaired) electrons. The van der Waals surface area contributed by atoms with Gasteiger partial charge < -0.3 is 4.43 Å². The van der Waals surface area contributed by atoms with E-state index in [4.69, 9.17) is 9.26 Å². The van der Waals surface area contributed by atoms with Crippen LogP contribution < -0.4 is 0 Å². The second kappa shape index (κ2) is 6.50. The van der Waals surface area contributed by atoms with Gasteiger partial charge in [-0.1, -0.05) is 26.8 Å². The normalized spacial score (nSPS) is 14.2. The molecule has 0 aromatic carbocycles. The maximum Gasteiger partial charge on any atom is 0.248 e. The Balaban J connectivity index is 4.64. The van der Waals surface area contributed by atoms with Crippen molar-refractivity contribution in [2.24, 2.45) is 0 Å². The summed E-state index contributed by atoms with van der Waals surface area (Å²) in [5.74, 6) is -0.110. The van der Waals surface area contributed by atoms with Crippen molar-refractivity contribution < 1.29 is 14.1 Å². The van der Waals surface area contributed by atoms with Crippen LogP contribution in [0.2, 0.25) is 18.1 Å². The number of hydroxylamine groups is 2. The first-order valence-electron chi connectivity index (χ1n) is 6.16. The maximum atomic E-state index is 11.8. The molecule has 0 N–H and O–H groups in total. The van der Waals surface area contributed by atoms with Gasteiger partial charge in [0.15, 0.2) is 8.32 Å². The minimum absolute atomic E-state index is 0.110. The largest absolute Gasteiger partial charge is 0.410 e. The van der Waals surface area contributed by atoms with Crippen molar-refractivity contribution in [3.8, 4) is 0 Å². The second-order valence-electron chi connectivity index (χ2n) is 5.93. The summed E-state index contributed by atoms with van der Waals surface area (Å²) >= 11 is 0. The van der Waals surface area contributed by atoms with Crippen LogP contribution in [0.3, 0.4) is 0 Å². The molecule has 0 aliphatic heterocycles. The van der Waals surface area contributed by atoms with Crippen LogP contribution >= 0.6 is 0 Å². The van der Waals surface area contributed by atoms with Gasteiger partial charge in [0.2, 0.25) is 5.91 Å². The summed E-state index contributed by atoms with van der Waals surface area (Å²) in [5, 5.41) is 1.33. The van der Waals surface area contributed by atoms with Gasteiger partial charge in [-0.15, -0.1) is 6.58 Å². The molecule has 5 heteroatoms. The number of rotatable bonds is 6. The molecule has 0 fully saturated rings. The third-order valence-electron chi connectivity index (χ3n) is 3.52. The monoisotopic (exact) mass is 273 g/mol. The zero-order valence-electron chi connectivity index (χ0n) is 12.7. The fourth-order valence-corrected chi connectivity index (χ4v) is 2.42. The smallest absolute Gasteiger partial charge is 0.248 e. The predicted octanol–water partition coefficient (Wildman–Crippen LogP) is 2.97. The summed E-state index contributed by atoms with van der Waals surface area (Å²) in [5.41, 5.74) is 0. The standard InChI is InChI=1S/C13H27NO3Si/c1-9-11(10-12(15)14(5)16-6)17-18(7,8)13(2,3)4/h9,11H,1,10H2,2-8H3/t11-/m1/s1. The summed E-state index contributed by atoms with van der Waals surface area (Å²) in [6.45, 7) is 14.6. The molecular weight excluding hydrogens is 246 g/mol. The summed E-state index contributed by atoms with van der Waals surface area (Å²) in [7, 11) is 1.18. The molecule has 0 bridgehead atoms. The molecule has 0 aliphatic rings. The average Bonchev–Trinajstić information content (AvgIpc) is 2.24. The highest BCUT2D eigenvalue weighted by Gasteiger charge is 2.39. The Kier molecular flexibility index (Phi) is 6.26. The van der Waals surface area contributed by atoms with Crippen LogP contribution in [0.15, 0.2) is 12.7 Å². The van der Waals surface area contributed by atoms with Gasteiger partial charge in [-0.2, -0.15) is 0 Å². The van der Waals surface area contributed by atoms with E-state index in [2.05, 4.69) is 40.4 Å². The van der Waals surface area contributed by atoms with Gasteiger partial charge in [-0.05, 0) is 18.1 Å². The highest BCUT2D eigenvalue weighted by molar-refractivity contribution is 6.74. The molecular formula is C13H27NO3Si. The molecule has 0 heterocycles. The third-order valence-corrected chi connectivity index (χ3v) is 8.02. The van der Waals surface area contributed by atoms with Crippen molar-refractivity contribution >= 4 is 14.2 Å². The SMILES string of the molecule is C=C[C@H](CC(=O)N(C)OC)O[Si](C)(C)C(C)(C)C. The number of carbonyl (C=O) groups excluding carboxylic acids is 1. The zero-order valence-corrected chi connectivity index (χ0v) is 13.7. The van der Waals surface area contributed by atoms with E-state index in [1.165, 1.54) is 12.2 Å². The van der Waals surface area contributed by atoms with E-state index >= 15 is 0 Å². The van der Waals surface area contributed by atoms with E-state index in [9.17, 15) is 4.79 Å². The quantitative estimate of drug-likeness (QED) is 0.424. The van der Waals surface area contributed by atoms with Crippen molar-refractivity contribution in [2.45, 2.75) is 51.4 Å². The number of nitrogens with zero attached hydrogens (tertiary/aromatic N) is 1. The van der Waals surface area contributed by atoms with E-state index in [0.717, 1.165) is 0 Å². The molecule has 0 aliphatic carbocycles. The minimum Gasteiger partial charge on any atom is -0.410 e. The molecule has 0 rings (SSSR count). The summed E-state index contributed by atoms with van der Waals surface area (Å²) in [6, 6.07) is 0. The average molecular weight is 273 g/mol. The lowest BCUT2D eigenvalue weighted by molar-refractivity contribution is -0.169. The lowest BCUT2D eigenvalue weighted by Crippen LogP contribution is -2.44. The topological polar surface area (TPSA) is 38.8 Å². The van der Waals surface area contributed by atoms with Gasteiger partial charge in [0, 0.05) is 7.05 Å². The van der Waals surface area contributed by atoms with Crippen LogP contribution in [-0.4, -0.2) is 39.5 Å². The predicted molar refractivity (Wildman–Crippen MR) is 76.7 cm³/mol. The van der Waals surface area contributed by atoms with Crippen molar-refractivity contribution in [3.05, 3.63) is 12.7 Å². The fraction of sp³-hybridized carbons (Fsp3) is 0.769. The van der Waals surface area contributed by atoms with Gasteiger partial charge in [-0.25, -0.2) is 5.06 Å². The van der Waals surface area contributed by atoms with E-state index in [-0.39, 0.29) is 23.5 Å². The Morgan fingerprint density at radius 2 is 1.94 bits per heavy atom. The molecule has 18 heavy (non-hydrogen) atoms. The molecule has 1 atom stereocenters. The molecule has 0 saturated carbocycles. The molecule has 1 amide bonds. The Labute approximate surface area is 112 Å². The van der Waals surface area contributed by atoms with Crippen molar-refractivity contribution in [3.63, 3.8) is 0 Å². The number of carbonyl (C=O) groups is 1. The molecule has 0 aromatic rings. The fourth-order valence-electron chi connectivity index (χ4n) is 1.13. The van der Waals surface area contributed by atoms with E-state index in [1.807, 2.05) is 0 Å². The number of hydrogen-bond acceptors (Lipinski definition) is 3. The molecule has 0 unspecified atom stereocenters. The van der Waals surface area contributed by atoms with Gasteiger partial charge in [-0.3, -0.25) is 9.63 Å². The van der Waals surface area contributed by atoms with Crippen LogP contribution in [0.25, 0.3) is 0 Å². The third kappa shape index (κ3) is 4.92. The molecule has 0 spiro atoms. The van der Waals surface area contributed by atoms with Gasteiger partial charge in [0.05, 0.1) is 19.6 Å². The van der Waals surface area contributed by atoms with Gasteiger partial charge >= 0.3 is 0 Å². The van der Waals surface area contributed by atoms with Crippen LogP contribution in [0, 0.1) is 0 Å². The van der Waals surface area contributed by atoms with Crippen molar-refractivity contribution in [1.29, 1.82) is 0 Å². The first kappa shape index (κ1) is 17.3. The Bertz CT molecular complexity index is 297. The van der Waals surface area contributed by atoms with Crippen LogP contribution in [0.1, 0.15) is 27.2 Å². The Morgan fingerprint density at radius 1 is 1.44 bits per heavy atom. The molecule has 4 nitrogen and oxygen atoms in total. The van der Waals surface area contributed by atoms with Crippen molar-refractivity contribution in [1.82, 2.24) is 5.06 Å². The van der Waals surface area contributed by atoms with Crippen LogP contribution in [0.4, 0.5) is 0 Å². The maximum absolute atomic E-state index is 11.8. The molecule has 106 valence electrons.